The van der Waals surface area contributed by atoms with Crippen LogP contribution in [0.15, 0.2) is 12.1 Å². The van der Waals surface area contributed by atoms with Crippen LogP contribution in [-0.2, 0) is 4.74 Å². The van der Waals surface area contributed by atoms with E-state index in [9.17, 15) is 18.9 Å². The van der Waals surface area contributed by atoms with E-state index in [-0.39, 0.29) is 13.2 Å². The quantitative estimate of drug-likeness (QED) is 0.449. The van der Waals surface area contributed by atoms with Gasteiger partial charge in [0.05, 0.1) is 11.5 Å². The minimum absolute atomic E-state index is 0.172. The largest absolute Gasteiger partial charge is 0.380 e. The number of nitrogens with one attached hydrogen (secondary N) is 1. The van der Waals surface area contributed by atoms with Gasteiger partial charge in [0.2, 0.25) is 0 Å². The molecule has 0 aliphatic carbocycles. The molecule has 106 valence electrons. The van der Waals surface area contributed by atoms with Crippen molar-refractivity contribution in [3.8, 4) is 0 Å². The molecule has 19 heavy (non-hydrogen) atoms. The van der Waals surface area contributed by atoms with Crippen LogP contribution >= 0.6 is 0 Å². The summed E-state index contributed by atoms with van der Waals surface area (Å²) in [6.07, 6.45) is 1.91. The molecule has 1 rings (SSSR count). The molecule has 7 heteroatoms. The van der Waals surface area contributed by atoms with E-state index >= 15 is 0 Å². The van der Waals surface area contributed by atoms with Crippen LogP contribution in [0.3, 0.4) is 0 Å². The Bertz CT molecular complexity index is 441. The maximum Gasteiger partial charge on any atom is 0.295 e. The normalized spacial score (nSPS) is 10.5. The predicted octanol–water partition coefficient (Wildman–Crippen LogP) is 3.10. The summed E-state index contributed by atoms with van der Waals surface area (Å²) in [6, 6.07) is 1.66. The number of hydrogen-bond donors (Lipinski definition) is 1. The molecule has 0 atom stereocenters. The van der Waals surface area contributed by atoms with E-state index < -0.39 is 27.9 Å². The highest BCUT2D eigenvalue weighted by molar-refractivity contribution is 5.62. The van der Waals surface area contributed by atoms with E-state index in [0.717, 1.165) is 25.0 Å². The van der Waals surface area contributed by atoms with Crippen molar-refractivity contribution in [1.82, 2.24) is 0 Å². The van der Waals surface area contributed by atoms with Gasteiger partial charge in [0.15, 0.2) is 17.3 Å². The molecule has 0 aliphatic rings. The van der Waals surface area contributed by atoms with Crippen LogP contribution in [0.25, 0.3) is 0 Å². The maximum absolute atomic E-state index is 13.5. The molecular formula is C12H16F2N2O3. The fourth-order valence-corrected chi connectivity index (χ4v) is 1.46. The standard InChI is InChI=1S/C12H16F2N2O3/c1-2-3-7-19-8-6-15-12-10(16(17)18)5-4-9(13)11(12)14/h4-5,15H,2-3,6-8H2,1H3. The van der Waals surface area contributed by atoms with Crippen molar-refractivity contribution in [2.45, 2.75) is 19.8 Å². The van der Waals surface area contributed by atoms with Gasteiger partial charge in [0.1, 0.15) is 0 Å². The number of rotatable bonds is 8. The number of hydrogen-bond acceptors (Lipinski definition) is 4. The summed E-state index contributed by atoms with van der Waals surface area (Å²) in [7, 11) is 0. The third-order valence-corrected chi connectivity index (χ3v) is 2.46. The highest BCUT2D eigenvalue weighted by atomic mass is 19.2. The molecular weight excluding hydrogens is 258 g/mol. The monoisotopic (exact) mass is 274 g/mol. The Morgan fingerprint density at radius 3 is 2.74 bits per heavy atom. The Morgan fingerprint density at radius 1 is 1.37 bits per heavy atom. The van der Waals surface area contributed by atoms with Crippen LogP contribution in [0.1, 0.15) is 19.8 Å². The molecule has 0 aliphatic heterocycles. The first-order valence-corrected chi connectivity index (χ1v) is 6.02. The Morgan fingerprint density at radius 2 is 2.11 bits per heavy atom. The SMILES string of the molecule is CCCCOCCNc1c([N+](=O)[O-])ccc(F)c1F. The molecule has 0 amide bonds. The van der Waals surface area contributed by atoms with Crippen molar-refractivity contribution in [1.29, 1.82) is 0 Å². The lowest BCUT2D eigenvalue weighted by Crippen LogP contribution is -2.13. The number of nitro groups is 1. The van der Waals surface area contributed by atoms with Crippen molar-refractivity contribution < 1.29 is 18.4 Å². The van der Waals surface area contributed by atoms with Crippen LogP contribution < -0.4 is 5.32 Å². The Balaban J connectivity index is 2.61. The van der Waals surface area contributed by atoms with E-state index in [1.54, 1.807) is 0 Å². The van der Waals surface area contributed by atoms with E-state index in [4.69, 9.17) is 4.74 Å². The third-order valence-electron chi connectivity index (χ3n) is 2.46. The topological polar surface area (TPSA) is 64.4 Å². The molecule has 1 aromatic carbocycles. The van der Waals surface area contributed by atoms with Crippen LogP contribution in [-0.4, -0.2) is 24.7 Å². The zero-order valence-electron chi connectivity index (χ0n) is 10.6. The molecule has 0 saturated heterocycles. The number of benzene rings is 1. The summed E-state index contributed by atoms with van der Waals surface area (Å²) < 4.78 is 31.7. The van der Waals surface area contributed by atoms with E-state index in [0.29, 0.717) is 6.61 Å². The molecule has 0 fully saturated rings. The fraction of sp³-hybridized carbons (Fsp3) is 0.500. The number of unbranched alkanes of at least 4 members (excludes halogenated alkanes) is 1. The minimum Gasteiger partial charge on any atom is -0.380 e. The van der Waals surface area contributed by atoms with Crippen LogP contribution in [0, 0.1) is 21.7 Å². The average Bonchev–Trinajstić information content (AvgIpc) is 2.38. The van der Waals surface area contributed by atoms with Crippen LogP contribution in [0.2, 0.25) is 0 Å². The number of anilines is 1. The number of halogens is 2. The van der Waals surface area contributed by atoms with Crippen molar-refractivity contribution in [3.63, 3.8) is 0 Å². The van der Waals surface area contributed by atoms with Gasteiger partial charge in [0, 0.05) is 19.2 Å². The number of nitrogens with zero attached hydrogens (tertiary/aromatic N) is 1. The average molecular weight is 274 g/mol. The summed E-state index contributed by atoms with van der Waals surface area (Å²) >= 11 is 0. The highest BCUT2D eigenvalue weighted by Gasteiger charge is 2.20. The Kier molecular flexibility index (Phi) is 6.14. The smallest absolute Gasteiger partial charge is 0.295 e. The van der Waals surface area contributed by atoms with E-state index in [1.807, 2.05) is 6.92 Å². The molecule has 0 radical (unpaired) electrons. The molecule has 5 nitrogen and oxygen atoms in total. The van der Waals surface area contributed by atoms with Gasteiger partial charge in [-0.05, 0) is 12.5 Å². The third kappa shape index (κ3) is 4.44. The van der Waals surface area contributed by atoms with Crippen LogP contribution in [0.5, 0.6) is 0 Å². The van der Waals surface area contributed by atoms with Gasteiger partial charge in [-0.3, -0.25) is 10.1 Å². The first-order valence-electron chi connectivity index (χ1n) is 6.02. The van der Waals surface area contributed by atoms with Crippen molar-refractivity contribution in [2.75, 3.05) is 25.1 Å². The van der Waals surface area contributed by atoms with Gasteiger partial charge in [-0.25, -0.2) is 8.78 Å². The second kappa shape index (κ2) is 7.63. The molecule has 0 saturated carbocycles. The summed E-state index contributed by atoms with van der Waals surface area (Å²) in [5.41, 5.74) is -0.934. The zero-order valence-corrected chi connectivity index (χ0v) is 10.6. The molecule has 0 spiro atoms. The van der Waals surface area contributed by atoms with Crippen LogP contribution in [0.4, 0.5) is 20.2 Å². The number of ether oxygens (including phenoxy) is 1. The van der Waals surface area contributed by atoms with Gasteiger partial charge in [0.25, 0.3) is 5.69 Å². The Labute approximate surface area is 109 Å². The highest BCUT2D eigenvalue weighted by Crippen LogP contribution is 2.28. The van der Waals surface area contributed by atoms with Crippen molar-refractivity contribution in [3.05, 3.63) is 33.9 Å². The lowest BCUT2D eigenvalue weighted by molar-refractivity contribution is -0.384. The summed E-state index contributed by atoms with van der Waals surface area (Å²) in [5, 5.41) is 13.2. The molecule has 1 aromatic rings. The molecule has 0 aromatic heterocycles. The molecule has 0 bridgehead atoms. The first-order chi connectivity index (χ1) is 9.07. The first kappa shape index (κ1) is 15.3. The summed E-state index contributed by atoms with van der Waals surface area (Å²) in [6.45, 7) is 3.04. The second-order valence-corrected chi connectivity index (χ2v) is 3.91. The predicted molar refractivity (Wildman–Crippen MR) is 67.2 cm³/mol. The van der Waals surface area contributed by atoms with Gasteiger partial charge in [-0.15, -0.1) is 0 Å². The summed E-state index contributed by atoms with van der Waals surface area (Å²) in [5.74, 6) is -2.37. The van der Waals surface area contributed by atoms with Gasteiger partial charge < -0.3 is 10.1 Å². The lowest BCUT2D eigenvalue weighted by atomic mass is 10.2. The fourth-order valence-electron chi connectivity index (χ4n) is 1.46. The van der Waals surface area contributed by atoms with E-state index in [1.165, 1.54) is 0 Å². The number of nitro benzene ring substituents is 1. The summed E-state index contributed by atoms with van der Waals surface area (Å²) in [4.78, 5) is 9.94. The molecule has 1 N–H and O–H groups in total. The lowest BCUT2D eigenvalue weighted by Gasteiger charge is -2.09. The molecule has 0 unspecified atom stereocenters. The Hall–Kier alpha value is -1.76. The van der Waals surface area contributed by atoms with Gasteiger partial charge in [-0.2, -0.15) is 0 Å². The van der Waals surface area contributed by atoms with Gasteiger partial charge >= 0.3 is 0 Å². The van der Waals surface area contributed by atoms with E-state index in [2.05, 4.69) is 5.32 Å². The molecule has 0 heterocycles. The van der Waals surface area contributed by atoms with Crippen molar-refractivity contribution >= 4 is 11.4 Å². The van der Waals surface area contributed by atoms with Gasteiger partial charge in [-0.1, -0.05) is 13.3 Å². The van der Waals surface area contributed by atoms with Crippen molar-refractivity contribution in [2.24, 2.45) is 0 Å². The zero-order chi connectivity index (χ0) is 14.3. The minimum atomic E-state index is -1.25. The maximum atomic E-state index is 13.5. The second-order valence-electron chi connectivity index (χ2n) is 3.91.